The zero-order valence-electron chi connectivity index (χ0n) is 15.3. The molecule has 0 aliphatic rings. The molecule has 0 saturated heterocycles. The molecule has 0 aliphatic heterocycles. The molecule has 142 valence electrons. The van der Waals surface area contributed by atoms with Gasteiger partial charge in [0.15, 0.2) is 5.43 Å². The third-order valence-corrected chi connectivity index (χ3v) is 4.16. The summed E-state index contributed by atoms with van der Waals surface area (Å²) in [7, 11) is 3.93. The molecule has 0 atom stereocenters. The third-order valence-electron chi connectivity index (χ3n) is 4.16. The molecule has 0 unspecified atom stereocenters. The van der Waals surface area contributed by atoms with E-state index in [2.05, 4.69) is 0 Å². The van der Waals surface area contributed by atoms with Crippen molar-refractivity contribution in [2.24, 2.45) is 0 Å². The zero-order valence-corrected chi connectivity index (χ0v) is 15.3. The molecule has 1 heterocycles. The van der Waals surface area contributed by atoms with Crippen molar-refractivity contribution < 1.29 is 13.5 Å². The van der Waals surface area contributed by atoms with Crippen molar-refractivity contribution in [2.75, 3.05) is 38.7 Å². The molecule has 3 aromatic rings. The summed E-state index contributed by atoms with van der Waals surface area (Å²) in [5.74, 6) is -0.325. The van der Waals surface area contributed by atoms with Gasteiger partial charge in [0, 0.05) is 23.9 Å². The van der Waals surface area contributed by atoms with Gasteiger partial charge in [-0.1, -0.05) is 0 Å². The fraction of sp³-hybridized carbons (Fsp3) is 0.250. The van der Waals surface area contributed by atoms with Gasteiger partial charge in [0.05, 0.1) is 24.3 Å². The largest absolute Gasteiger partial charge is 0.456 e. The Labute approximate surface area is 156 Å². The second-order valence-electron chi connectivity index (χ2n) is 6.63. The first kappa shape index (κ1) is 18.9. The van der Waals surface area contributed by atoms with Crippen molar-refractivity contribution in [1.29, 1.82) is 0 Å². The molecule has 0 amide bonds. The Balaban J connectivity index is 1.96. The molecule has 0 bridgehead atoms. The molecular formula is C20H22FN3O3. The highest BCUT2D eigenvalue weighted by atomic mass is 19.1. The number of nitrogens with zero attached hydrogens (tertiary/aromatic N) is 1. The first-order valence-corrected chi connectivity index (χ1v) is 8.49. The second-order valence-corrected chi connectivity index (χ2v) is 6.63. The maximum Gasteiger partial charge on any atom is 0.195 e. The van der Waals surface area contributed by atoms with Gasteiger partial charge in [0.25, 0.3) is 0 Å². The minimum absolute atomic E-state index is 0.0308. The Morgan fingerprint density at radius 2 is 1.89 bits per heavy atom. The van der Waals surface area contributed by atoms with Crippen LogP contribution in [0.1, 0.15) is 5.56 Å². The lowest BCUT2D eigenvalue weighted by atomic mass is 10.1. The molecule has 0 saturated carbocycles. The van der Waals surface area contributed by atoms with Crippen molar-refractivity contribution in [3.8, 4) is 11.3 Å². The summed E-state index contributed by atoms with van der Waals surface area (Å²) in [5, 5.41) is 0.298. The maximum absolute atomic E-state index is 13.8. The van der Waals surface area contributed by atoms with Crippen LogP contribution in [0, 0.1) is 5.82 Å². The van der Waals surface area contributed by atoms with Crippen LogP contribution in [-0.2, 0) is 11.3 Å². The summed E-state index contributed by atoms with van der Waals surface area (Å²) < 4.78 is 25.2. The number of likely N-dealkylation sites (N-methyl/N-ethyl adjacent to an activating group) is 1. The quantitative estimate of drug-likeness (QED) is 0.511. The monoisotopic (exact) mass is 371 g/mol. The van der Waals surface area contributed by atoms with Crippen molar-refractivity contribution in [2.45, 2.75) is 6.61 Å². The fourth-order valence-corrected chi connectivity index (χ4v) is 2.72. The van der Waals surface area contributed by atoms with Gasteiger partial charge in [0.1, 0.15) is 17.2 Å². The standard InChI is InChI=1S/C20H22FN3O3/c1-24(2)5-6-26-11-12-7-16(23)20-17(25)10-18(27-19(20)8-12)13-3-4-15(22)14(21)9-13/h3-4,7-10H,5-6,11,22-23H2,1-2H3. The van der Waals surface area contributed by atoms with Crippen LogP contribution in [0.15, 0.2) is 45.6 Å². The Morgan fingerprint density at radius 1 is 1.11 bits per heavy atom. The summed E-state index contributed by atoms with van der Waals surface area (Å²) in [6.07, 6.45) is 0. The van der Waals surface area contributed by atoms with Gasteiger partial charge in [-0.3, -0.25) is 4.79 Å². The highest BCUT2D eigenvalue weighted by Crippen LogP contribution is 2.27. The van der Waals surface area contributed by atoms with E-state index >= 15 is 0 Å². The van der Waals surface area contributed by atoms with Gasteiger partial charge >= 0.3 is 0 Å². The zero-order chi connectivity index (χ0) is 19.6. The molecule has 6 nitrogen and oxygen atoms in total. The van der Waals surface area contributed by atoms with Crippen molar-refractivity contribution in [3.63, 3.8) is 0 Å². The molecule has 0 spiro atoms. The molecule has 1 aromatic heterocycles. The summed E-state index contributed by atoms with van der Waals surface area (Å²) >= 11 is 0. The Kier molecular flexibility index (Phi) is 5.43. The highest BCUT2D eigenvalue weighted by molar-refractivity contribution is 5.90. The van der Waals surface area contributed by atoms with Crippen LogP contribution in [0.5, 0.6) is 0 Å². The number of fused-ring (bicyclic) bond motifs is 1. The summed E-state index contributed by atoms with van der Waals surface area (Å²) in [6.45, 7) is 1.71. The summed E-state index contributed by atoms with van der Waals surface area (Å²) in [5.41, 5.74) is 13.2. The van der Waals surface area contributed by atoms with Gasteiger partial charge in [0.2, 0.25) is 0 Å². The van der Waals surface area contributed by atoms with E-state index in [4.69, 9.17) is 20.6 Å². The molecule has 2 aromatic carbocycles. The number of nitrogens with two attached hydrogens (primary N) is 2. The lowest BCUT2D eigenvalue weighted by Crippen LogP contribution is -2.17. The van der Waals surface area contributed by atoms with Crippen molar-refractivity contribution >= 4 is 22.3 Å². The lowest BCUT2D eigenvalue weighted by Gasteiger charge is -2.11. The molecule has 0 aliphatic carbocycles. The molecule has 4 N–H and O–H groups in total. The average molecular weight is 371 g/mol. The smallest absolute Gasteiger partial charge is 0.195 e. The first-order chi connectivity index (χ1) is 12.8. The van der Waals surface area contributed by atoms with Crippen molar-refractivity contribution in [1.82, 2.24) is 4.90 Å². The van der Waals surface area contributed by atoms with Crippen LogP contribution in [0.4, 0.5) is 15.8 Å². The topological polar surface area (TPSA) is 94.7 Å². The first-order valence-electron chi connectivity index (χ1n) is 8.49. The van der Waals surface area contributed by atoms with E-state index < -0.39 is 5.82 Å². The van der Waals surface area contributed by atoms with E-state index in [1.807, 2.05) is 19.0 Å². The van der Waals surface area contributed by atoms with Crippen LogP contribution < -0.4 is 16.9 Å². The van der Waals surface area contributed by atoms with Gasteiger partial charge in [-0.25, -0.2) is 4.39 Å². The normalized spacial score (nSPS) is 11.4. The van der Waals surface area contributed by atoms with Gasteiger partial charge in [-0.2, -0.15) is 0 Å². The Morgan fingerprint density at radius 3 is 2.59 bits per heavy atom. The number of halogens is 1. The van der Waals surface area contributed by atoms with Crippen LogP contribution in [0.2, 0.25) is 0 Å². The Bertz CT molecular complexity index is 1030. The summed E-state index contributed by atoms with van der Waals surface area (Å²) in [4.78, 5) is 14.5. The highest BCUT2D eigenvalue weighted by Gasteiger charge is 2.12. The fourth-order valence-electron chi connectivity index (χ4n) is 2.72. The number of anilines is 2. The molecule has 0 fully saturated rings. The van der Waals surface area contributed by atoms with E-state index in [0.717, 1.165) is 12.1 Å². The van der Waals surface area contributed by atoms with Crippen molar-refractivity contribution in [3.05, 3.63) is 58.0 Å². The molecular weight excluding hydrogens is 349 g/mol. The average Bonchev–Trinajstić information content (AvgIpc) is 2.60. The predicted octanol–water partition coefficient (Wildman–Crippen LogP) is 2.84. The van der Waals surface area contributed by atoms with E-state index in [-0.39, 0.29) is 16.9 Å². The molecule has 0 radical (unpaired) electrons. The van der Waals surface area contributed by atoms with Crippen LogP contribution in [0.25, 0.3) is 22.3 Å². The second kappa shape index (κ2) is 7.77. The number of rotatable bonds is 6. The number of benzene rings is 2. The third kappa shape index (κ3) is 4.27. The van der Waals surface area contributed by atoms with Crippen LogP contribution in [-0.4, -0.2) is 32.1 Å². The molecule has 27 heavy (non-hydrogen) atoms. The number of hydrogen-bond acceptors (Lipinski definition) is 6. The van der Waals surface area contributed by atoms with E-state index in [1.165, 1.54) is 18.2 Å². The van der Waals surface area contributed by atoms with Gasteiger partial charge < -0.3 is 25.5 Å². The SMILES string of the molecule is CN(C)CCOCc1cc(N)c2c(=O)cc(-c3ccc(N)c(F)c3)oc2c1. The number of ether oxygens (including phenoxy) is 1. The van der Waals surface area contributed by atoms with Gasteiger partial charge in [-0.15, -0.1) is 0 Å². The van der Waals surface area contributed by atoms with E-state index in [9.17, 15) is 9.18 Å². The Hall–Kier alpha value is -2.90. The van der Waals surface area contributed by atoms with E-state index in [0.29, 0.717) is 35.4 Å². The van der Waals surface area contributed by atoms with Crippen LogP contribution >= 0.6 is 0 Å². The van der Waals surface area contributed by atoms with Crippen LogP contribution in [0.3, 0.4) is 0 Å². The van der Waals surface area contributed by atoms with Gasteiger partial charge in [-0.05, 0) is 50.0 Å². The predicted molar refractivity (Wildman–Crippen MR) is 105 cm³/mol. The number of nitrogen functional groups attached to an aromatic ring is 2. The lowest BCUT2D eigenvalue weighted by molar-refractivity contribution is 0.105. The van der Waals surface area contributed by atoms with E-state index in [1.54, 1.807) is 18.2 Å². The molecule has 7 heteroatoms. The minimum atomic E-state index is -0.571. The maximum atomic E-state index is 13.8. The number of hydrogen-bond donors (Lipinski definition) is 2. The minimum Gasteiger partial charge on any atom is -0.456 e. The summed E-state index contributed by atoms with van der Waals surface area (Å²) in [6, 6.07) is 8.99. The molecule has 3 rings (SSSR count).